The quantitative estimate of drug-likeness (QED) is 0.700. The Morgan fingerprint density at radius 1 is 1.14 bits per heavy atom. The van der Waals surface area contributed by atoms with Gasteiger partial charge in [-0.1, -0.05) is 12.8 Å². The van der Waals surface area contributed by atoms with E-state index in [1.807, 2.05) is 0 Å². The molecule has 0 aromatic carbocycles. The van der Waals surface area contributed by atoms with Crippen molar-refractivity contribution in [2.24, 2.45) is 11.8 Å². The molecular weight excluding hydrogens is 196 g/mol. The second kappa shape index (κ2) is 4.56. The number of carbonyl (C=O) groups is 1. The molecule has 0 radical (unpaired) electrons. The first-order valence-corrected chi connectivity index (χ1v) is 7.12. The van der Waals surface area contributed by atoms with E-state index >= 15 is 0 Å². The van der Waals surface area contributed by atoms with Gasteiger partial charge in [0.1, 0.15) is 5.78 Å². The van der Waals surface area contributed by atoms with Crippen molar-refractivity contribution in [3.05, 3.63) is 0 Å². The fourth-order valence-corrected chi connectivity index (χ4v) is 3.71. The van der Waals surface area contributed by atoms with Gasteiger partial charge in [0, 0.05) is 22.5 Å². The highest BCUT2D eigenvalue weighted by atomic mass is 32.2. The molecule has 0 N–H and O–H groups in total. The summed E-state index contributed by atoms with van der Waals surface area (Å²) in [4.78, 5) is 11.4. The molecule has 0 saturated heterocycles. The van der Waals surface area contributed by atoms with Gasteiger partial charge in [0.2, 0.25) is 0 Å². The SMILES string of the molecule is O=C(CS(=O)CC1CCCC1)C1CC1. The van der Waals surface area contributed by atoms with Crippen LogP contribution in [0.5, 0.6) is 0 Å². The van der Waals surface area contributed by atoms with Crippen LogP contribution in [-0.2, 0) is 15.6 Å². The van der Waals surface area contributed by atoms with Crippen LogP contribution in [0.15, 0.2) is 0 Å². The normalized spacial score (nSPS) is 25.1. The molecule has 2 fully saturated rings. The molecule has 0 aromatic heterocycles. The van der Waals surface area contributed by atoms with Crippen LogP contribution in [0.4, 0.5) is 0 Å². The average molecular weight is 214 g/mol. The smallest absolute Gasteiger partial charge is 0.148 e. The third-order valence-corrected chi connectivity index (χ3v) is 4.68. The summed E-state index contributed by atoms with van der Waals surface area (Å²) in [5.74, 6) is 2.28. The van der Waals surface area contributed by atoms with Crippen molar-refractivity contribution < 1.29 is 9.00 Å². The predicted molar refractivity (Wildman–Crippen MR) is 57.6 cm³/mol. The molecule has 2 saturated carbocycles. The maximum absolute atomic E-state index is 11.6. The number of carbonyl (C=O) groups excluding carboxylic acids is 1. The first-order valence-electron chi connectivity index (χ1n) is 5.63. The highest BCUT2D eigenvalue weighted by molar-refractivity contribution is 7.85. The number of rotatable bonds is 5. The number of hydrogen-bond acceptors (Lipinski definition) is 2. The standard InChI is InChI=1S/C11H18O2S/c12-11(10-5-6-10)8-14(13)7-9-3-1-2-4-9/h9-10H,1-8H2. The molecule has 2 aliphatic carbocycles. The van der Waals surface area contributed by atoms with E-state index < -0.39 is 10.8 Å². The summed E-state index contributed by atoms with van der Waals surface area (Å²) in [6.07, 6.45) is 7.11. The van der Waals surface area contributed by atoms with Gasteiger partial charge in [-0.3, -0.25) is 9.00 Å². The van der Waals surface area contributed by atoms with E-state index in [0.717, 1.165) is 18.6 Å². The maximum atomic E-state index is 11.6. The largest absolute Gasteiger partial charge is 0.298 e. The lowest BCUT2D eigenvalue weighted by molar-refractivity contribution is -0.117. The molecule has 2 aliphatic rings. The summed E-state index contributed by atoms with van der Waals surface area (Å²) < 4.78 is 11.6. The van der Waals surface area contributed by atoms with Crippen molar-refractivity contribution in [3.63, 3.8) is 0 Å². The van der Waals surface area contributed by atoms with Gasteiger partial charge >= 0.3 is 0 Å². The van der Waals surface area contributed by atoms with Crippen LogP contribution in [0, 0.1) is 11.8 Å². The summed E-state index contributed by atoms with van der Waals surface area (Å²) in [5, 5.41) is 0. The third kappa shape index (κ3) is 2.91. The van der Waals surface area contributed by atoms with Crippen LogP contribution in [-0.4, -0.2) is 21.5 Å². The zero-order valence-electron chi connectivity index (χ0n) is 8.54. The molecule has 0 aliphatic heterocycles. The Morgan fingerprint density at radius 3 is 2.36 bits per heavy atom. The van der Waals surface area contributed by atoms with Gasteiger partial charge in [-0.05, 0) is 31.6 Å². The summed E-state index contributed by atoms with van der Waals surface area (Å²) in [5.41, 5.74) is 0. The van der Waals surface area contributed by atoms with Gasteiger partial charge in [-0.15, -0.1) is 0 Å². The minimum absolute atomic E-state index is 0.251. The zero-order valence-corrected chi connectivity index (χ0v) is 9.35. The number of ketones is 1. The molecular formula is C11H18O2S. The van der Waals surface area contributed by atoms with Crippen LogP contribution < -0.4 is 0 Å². The third-order valence-electron chi connectivity index (χ3n) is 3.23. The lowest BCUT2D eigenvalue weighted by Crippen LogP contribution is -2.17. The Bertz CT molecular complexity index is 240. The first-order chi connectivity index (χ1) is 6.75. The molecule has 0 aromatic rings. The Morgan fingerprint density at radius 2 is 1.79 bits per heavy atom. The monoisotopic (exact) mass is 214 g/mol. The van der Waals surface area contributed by atoms with Gasteiger partial charge in [0.15, 0.2) is 0 Å². The highest BCUT2D eigenvalue weighted by Gasteiger charge is 2.30. The van der Waals surface area contributed by atoms with E-state index in [-0.39, 0.29) is 11.7 Å². The fourth-order valence-electron chi connectivity index (χ4n) is 2.18. The van der Waals surface area contributed by atoms with Crippen molar-refractivity contribution in [1.82, 2.24) is 0 Å². The van der Waals surface area contributed by atoms with Gasteiger partial charge in [-0.25, -0.2) is 0 Å². The van der Waals surface area contributed by atoms with Crippen molar-refractivity contribution >= 4 is 16.6 Å². The molecule has 0 amide bonds. The molecule has 80 valence electrons. The van der Waals surface area contributed by atoms with Crippen LogP contribution in [0.3, 0.4) is 0 Å². The minimum Gasteiger partial charge on any atom is -0.298 e. The molecule has 2 nitrogen and oxygen atoms in total. The summed E-state index contributed by atoms with van der Waals surface area (Å²) >= 11 is 0. The average Bonchev–Trinajstić information content (AvgIpc) is 2.87. The predicted octanol–water partition coefficient (Wildman–Crippen LogP) is 1.90. The van der Waals surface area contributed by atoms with Crippen molar-refractivity contribution in [3.8, 4) is 0 Å². The lowest BCUT2D eigenvalue weighted by atomic mass is 10.1. The molecule has 1 atom stereocenters. The Balaban J connectivity index is 1.69. The van der Waals surface area contributed by atoms with E-state index in [2.05, 4.69) is 0 Å². The molecule has 1 unspecified atom stereocenters. The second-order valence-corrected chi connectivity index (χ2v) is 6.14. The Labute approximate surface area is 87.9 Å². The number of Topliss-reactive ketones (excluding diaryl/α,β-unsaturated/α-hetero) is 1. The fraction of sp³-hybridized carbons (Fsp3) is 0.909. The van der Waals surface area contributed by atoms with E-state index in [9.17, 15) is 9.00 Å². The molecule has 0 spiro atoms. The minimum atomic E-state index is -0.870. The van der Waals surface area contributed by atoms with Gasteiger partial charge < -0.3 is 0 Å². The lowest BCUT2D eigenvalue weighted by Gasteiger charge is -2.07. The van der Waals surface area contributed by atoms with Crippen molar-refractivity contribution in [1.29, 1.82) is 0 Å². The van der Waals surface area contributed by atoms with E-state index in [1.165, 1.54) is 25.7 Å². The van der Waals surface area contributed by atoms with E-state index in [4.69, 9.17) is 0 Å². The Hall–Kier alpha value is -0.180. The molecule has 2 rings (SSSR count). The van der Waals surface area contributed by atoms with Crippen molar-refractivity contribution in [2.45, 2.75) is 38.5 Å². The maximum Gasteiger partial charge on any atom is 0.148 e. The van der Waals surface area contributed by atoms with Gasteiger partial charge in [0.25, 0.3) is 0 Å². The van der Waals surface area contributed by atoms with E-state index in [0.29, 0.717) is 11.7 Å². The van der Waals surface area contributed by atoms with Gasteiger partial charge in [0.05, 0.1) is 5.75 Å². The summed E-state index contributed by atoms with van der Waals surface area (Å²) in [6.45, 7) is 0. The molecule has 0 heterocycles. The highest BCUT2D eigenvalue weighted by Crippen LogP contribution is 2.30. The first kappa shape index (κ1) is 10.3. The summed E-state index contributed by atoms with van der Waals surface area (Å²) in [7, 11) is -0.870. The second-order valence-electron chi connectivity index (χ2n) is 4.64. The molecule has 14 heavy (non-hydrogen) atoms. The van der Waals surface area contributed by atoms with Crippen LogP contribution in [0.25, 0.3) is 0 Å². The zero-order chi connectivity index (χ0) is 9.97. The topological polar surface area (TPSA) is 34.1 Å². The van der Waals surface area contributed by atoms with Gasteiger partial charge in [-0.2, -0.15) is 0 Å². The van der Waals surface area contributed by atoms with Crippen LogP contribution in [0.2, 0.25) is 0 Å². The van der Waals surface area contributed by atoms with Crippen LogP contribution in [0.1, 0.15) is 38.5 Å². The number of hydrogen-bond donors (Lipinski definition) is 0. The Kier molecular flexibility index (Phi) is 3.37. The summed E-state index contributed by atoms with van der Waals surface area (Å²) in [6, 6.07) is 0. The molecule has 0 bridgehead atoms. The van der Waals surface area contributed by atoms with Crippen molar-refractivity contribution in [2.75, 3.05) is 11.5 Å². The van der Waals surface area contributed by atoms with Crippen LogP contribution >= 0.6 is 0 Å². The van der Waals surface area contributed by atoms with E-state index in [1.54, 1.807) is 0 Å². The molecule has 3 heteroatoms.